The van der Waals surface area contributed by atoms with Gasteiger partial charge in [-0.25, -0.2) is 4.79 Å². The number of carbonyl (C=O) groups is 3. The topological polar surface area (TPSA) is 130 Å². The van der Waals surface area contributed by atoms with E-state index in [9.17, 15) is 19.5 Å². The number of unbranched alkanes of at least 4 members (excludes halogenated alkanes) is 19. The summed E-state index contributed by atoms with van der Waals surface area (Å²) in [5, 5.41) is 27.3. The first-order valence-electron chi connectivity index (χ1n) is 15.3. The zero-order chi connectivity index (χ0) is 28.3. The molecule has 0 bridgehead atoms. The Morgan fingerprint density at radius 2 is 0.895 bits per heavy atom. The van der Waals surface area contributed by atoms with Crippen molar-refractivity contribution in [1.82, 2.24) is 0 Å². The Bertz CT molecular complexity index is 581. The first kappa shape index (κ1) is 36.3. The first-order chi connectivity index (χ1) is 18.4. The van der Waals surface area contributed by atoms with Crippen molar-refractivity contribution in [3.05, 3.63) is 0 Å². The van der Waals surface area contributed by atoms with Gasteiger partial charge in [-0.05, 0) is 6.42 Å². The Labute approximate surface area is 230 Å². The summed E-state index contributed by atoms with van der Waals surface area (Å²) in [4.78, 5) is 33.6. The minimum absolute atomic E-state index is 0.288. The average Bonchev–Trinajstić information content (AvgIpc) is 2.89. The van der Waals surface area contributed by atoms with E-state index in [1.807, 2.05) is 0 Å². The Balaban J connectivity index is 3.35. The van der Waals surface area contributed by atoms with Gasteiger partial charge in [0.05, 0.1) is 6.42 Å². The SMILES string of the molecule is CCCCCCCCCCCCCCCCCCCCCCC(=O)OCC(O)COC(=O)CC(O)C(=O)O. The normalized spacial score (nSPS) is 12.7. The molecule has 3 N–H and O–H groups in total. The summed E-state index contributed by atoms with van der Waals surface area (Å²) in [5.74, 6) is -2.88. The molecule has 0 heterocycles. The summed E-state index contributed by atoms with van der Waals surface area (Å²) < 4.78 is 9.63. The van der Waals surface area contributed by atoms with Crippen molar-refractivity contribution in [2.24, 2.45) is 0 Å². The maximum atomic E-state index is 11.8. The molecule has 0 aromatic heterocycles. The van der Waals surface area contributed by atoms with Crippen LogP contribution in [0, 0.1) is 0 Å². The lowest BCUT2D eigenvalue weighted by atomic mass is 10.0. The molecule has 0 aromatic carbocycles. The monoisotopic (exact) mass is 544 g/mol. The van der Waals surface area contributed by atoms with E-state index in [1.165, 1.54) is 109 Å². The summed E-state index contributed by atoms with van der Waals surface area (Å²) in [7, 11) is 0. The zero-order valence-corrected chi connectivity index (χ0v) is 24.0. The quantitative estimate of drug-likeness (QED) is 0.0753. The van der Waals surface area contributed by atoms with Gasteiger partial charge in [-0.15, -0.1) is 0 Å². The number of aliphatic hydroxyl groups excluding tert-OH is 2. The minimum Gasteiger partial charge on any atom is -0.479 e. The third-order valence-electron chi connectivity index (χ3n) is 6.75. The Kier molecular flexibility index (Phi) is 25.7. The molecule has 38 heavy (non-hydrogen) atoms. The first-order valence-corrected chi connectivity index (χ1v) is 15.3. The molecule has 0 amide bonds. The van der Waals surface area contributed by atoms with Crippen LogP contribution in [0.2, 0.25) is 0 Å². The number of ether oxygens (including phenoxy) is 2. The van der Waals surface area contributed by atoms with Crippen molar-refractivity contribution in [3.63, 3.8) is 0 Å². The van der Waals surface area contributed by atoms with Crippen LogP contribution < -0.4 is 0 Å². The van der Waals surface area contributed by atoms with Gasteiger partial charge in [0.2, 0.25) is 0 Å². The van der Waals surface area contributed by atoms with Crippen molar-refractivity contribution >= 4 is 17.9 Å². The molecule has 0 radical (unpaired) electrons. The number of rotatable bonds is 28. The number of aliphatic hydroxyl groups is 2. The minimum atomic E-state index is -1.85. The van der Waals surface area contributed by atoms with Gasteiger partial charge in [-0.1, -0.05) is 129 Å². The second-order valence-electron chi connectivity index (χ2n) is 10.5. The van der Waals surface area contributed by atoms with Crippen LogP contribution in [0.1, 0.15) is 148 Å². The van der Waals surface area contributed by atoms with E-state index in [2.05, 4.69) is 11.7 Å². The number of carboxylic acids is 1. The predicted octanol–water partition coefficient (Wildman–Crippen LogP) is 6.48. The van der Waals surface area contributed by atoms with Crippen LogP contribution in [0.25, 0.3) is 0 Å². The van der Waals surface area contributed by atoms with Crippen molar-refractivity contribution in [2.45, 2.75) is 160 Å². The third-order valence-corrected chi connectivity index (χ3v) is 6.75. The summed E-state index contributed by atoms with van der Waals surface area (Å²) >= 11 is 0. The molecule has 0 aliphatic rings. The van der Waals surface area contributed by atoms with Crippen molar-refractivity contribution in [2.75, 3.05) is 13.2 Å². The van der Waals surface area contributed by atoms with Crippen molar-refractivity contribution < 1.29 is 39.2 Å². The highest BCUT2D eigenvalue weighted by molar-refractivity contribution is 5.80. The van der Waals surface area contributed by atoms with Gasteiger partial charge < -0.3 is 24.8 Å². The van der Waals surface area contributed by atoms with Crippen LogP contribution in [-0.2, 0) is 23.9 Å². The Morgan fingerprint density at radius 3 is 1.26 bits per heavy atom. The maximum Gasteiger partial charge on any atom is 0.333 e. The van der Waals surface area contributed by atoms with Crippen molar-refractivity contribution in [1.29, 1.82) is 0 Å². The van der Waals surface area contributed by atoms with E-state index in [-0.39, 0.29) is 13.0 Å². The van der Waals surface area contributed by atoms with Crippen LogP contribution in [0.4, 0.5) is 0 Å². The van der Waals surface area contributed by atoms with E-state index >= 15 is 0 Å². The van der Waals surface area contributed by atoms with Gasteiger partial charge in [-0.2, -0.15) is 0 Å². The van der Waals surface area contributed by atoms with Crippen LogP contribution in [0.5, 0.6) is 0 Å². The molecule has 2 unspecified atom stereocenters. The average molecular weight is 545 g/mol. The lowest BCUT2D eigenvalue weighted by Gasteiger charge is -2.12. The molecular formula is C30H56O8. The fraction of sp³-hybridized carbons (Fsp3) is 0.900. The molecule has 0 saturated carbocycles. The molecule has 0 spiro atoms. The van der Waals surface area contributed by atoms with Gasteiger partial charge in [-0.3, -0.25) is 9.59 Å². The highest BCUT2D eigenvalue weighted by Gasteiger charge is 2.20. The maximum absolute atomic E-state index is 11.8. The molecule has 8 heteroatoms. The van der Waals surface area contributed by atoms with Crippen molar-refractivity contribution in [3.8, 4) is 0 Å². The highest BCUT2D eigenvalue weighted by Crippen LogP contribution is 2.15. The number of carbonyl (C=O) groups excluding carboxylic acids is 2. The highest BCUT2D eigenvalue weighted by atomic mass is 16.6. The lowest BCUT2D eigenvalue weighted by Crippen LogP contribution is -2.28. The fourth-order valence-corrected chi connectivity index (χ4v) is 4.33. The molecule has 0 fully saturated rings. The molecular weight excluding hydrogens is 488 g/mol. The number of carboxylic acid groups (broad SMARTS) is 1. The third kappa shape index (κ3) is 26.0. The van der Waals surface area contributed by atoms with Gasteiger partial charge in [0.1, 0.15) is 19.3 Å². The summed E-state index contributed by atoms with van der Waals surface area (Å²) in [5.41, 5.74) is 0. The van der Waals surface area contributed by atoms with Gasteiger partial charge in [0.25, 0.3) is 0 Å². The van der Waals surface area contributed by atoms with Gasteiger partial charge in [0.15, 0.2) is 6.10 Å². The fourth-order valence-electron chi connectivity index (χ4n) is 4.33. The zero-order valence-electron chi connectivity index (χ0n) is 24.0. The number of aliphatic carboxylic acids is 1. The van der Waals surface area contributed by atoms with Gasteiger partial charge >= 0.3 is 17.9 Å². The number of esters is 2. The molecule has 2 atom stereocenters. The number of hydrogen-bond acceptors (Lipinski definition) is 7. The molecule has 0 saturated heterocycles. The molecule has 0 aromatic rings. The number of hydrogen-bond donors (Lipinski definition) is 3. The van der Waals surface area contributed by atoms with E-state index in [0.29, 0.717) is 0 Å². The molecule has 224 valence electrons. The van der Waals surface area contributed by atoms with E-state index in [0.717, 1.165) is 19.3 Å². The van der Waals surface area contributed by atoms with E-state index < -0.39 is 43.1 Å². The second-order valence-corrected chi connectivity index (χ2v) is 10.5. The smallest absolute Gasteiger partial charge is 0.333 e. The van der Waals surface area contributed by atoms with E-state index in [1.54, 1.807) is 0 Å². The second kappa shape index (κ2) is 26.9. The Hall–Kier alpha value is -1.67. The van der Waals surface area contributed by atoms with E-state index in [4.69, 9.17) is 14.9 Å². The van der Waals surface area contributed by atoms with Crippen LogP contribution in [0.15, 0.2) is 0 Å². The predicted molar refractivity (Wildman–Crippen MR) is 149 cm³/mol. The molecule has 8 nitrogen and oxygen atoms in total. The molecule has 0 rings (SSSR count). The molecule has 0 aliphatic heterocycles. The molecule has 0 aliphatic carbocycles. The summed E-state index contributed by atoms with van der Waals surface area (Å²) in [6.45, 7) is 1.54. The largest absolute Gasteiger partial charge is 0.479 e. The van der Waals surface area contributed by atoms with Crippen LogP contribution in [-0.4, -0.2) is 58.6 Å². The Morgan fingerprint density at radius 1 is 0.553 bits per heavy atom. The van der Waals surface area contributed by atoms with Crippen LogP contribution in [0.3, 0.4) is 0 Å². The lowest BCUT2D eigenvalue weighted by molar-refractivity contribution is -0.159. The standard InChI is InChI=1S/C30H56O8/c1-2-3-4-5-6-7-8-9-10-11-12-13-14-15-16-17-18-19-20-21-22-28(33)37-24-26(31)25-38-29(34)23-27(32)30(35)36/h26-27,31-32H,2-25H2,1H3,(H,35,36). The summed E-state index contributed by atoms with van der Waals surface area (Å²) in [6, 6.07) is 0. The van der Waals surface area contributed by atoms with Crippen LogP contribution >= 0.6 is 0 Å². The summed E-state index contributed by atoms with van der Waals surface area (Å²) in [6.07, 6.45) is 22.5. The van der Waals surface area contributed by atoms with Gasteiger partial charge in [0, 0.05) is 6.42 Å².